The Morgan fingerprint density at radius 2 is 1.85 bits per heavy atom. The van der Waals surface area contributed by atoms with Gasteiger partial charge in [-0.15, -0.1) is 0 Å². The van der Waals surface area contributed by atoms with E-state index in [9.17, 15) is 10.1 Å². The van der Waals surface area contributed by atoms with Crippen LogP contribution in [0.15, 0.2) is 55.1 Å². The minimum atomic E-state index is -0.791. The summed E-state index contributed by atoms with van der Waals surface area (Å²) in [6.45, 7) is 5.44. The lowest BCUT2D eigenvalue weighted by Gasteiger charge is -2.15. The summed E-state index contributed by atoms with van der Waals surface area (Å²) in [6, 6.07) is 11.2. The van der Waals surface area contributed by atoms with Gasteiger partial charge in [-0.2, -0.15) is 5.26 Å². The Kier molecular flexibility index (Phi) is 5.71. The zero-order valence-electron chi connectivity index (χ0n) is 18.8. The molecule has 8 heteroatoms. The SMILES string of the molecule is CNc1cc2ncc(-c3cc(NC(=O)c4ccnc(C(C)(C)C#N)c4)cnc3C)cc2cn1. The van der Waals surface area contributed by atoms with E-state index in [1.54, 1.807) is 44.6 Å². The van der Waals surface area contributed by atoms with Crippen molar-refractivity contribution < 1.29 is 4.79 Å². The number of pyridine rings is 4. The predicted octanol–water partition coefficient (Wildman–Crippen LogP) is 4.49. The third kappa shape index (κ3) is 4.48. The first-order valence-electron chi connectivity index (χ1n) is 10.4. The van der Waals surface area contributed by atoms with Gasteiger partial charge in [-0.1, -0.05) is 0 Å². The Bertz CT molecular complexity index is 1410. The molecule has 33 heavy (non-hydrogen) atoms. The minimum absolute atomic E-state index is 0.301. The normalized spacial score (nSPS) is 11.1. The van der Waals surface area contributed by atoms with Gasteiger partial charge in [-0.25, -0.2) is 4.98 Å². The van der Waals surface area contributed by atoms with Crippen LogP contribution in [0.2, 0.25) is 0 Å². The van der Waals surface area contributed by atoms with Crippen LogP contribution in [0.1, 0.15) is 35.6 Å². The summed E-state index contributed by atoms with van der Waals surface area (Å²) in [4.78, 5) is 30.5. The number of carbonyl (C=O) groups is 1. The lowest BCUT2D eigenvalue weighted by Crippen LogP contribution is -2.18. The highest BCUT2D eigenvalue weighted by Crippen LogP contribution is 2.28. The van der Waals surface area contributed by atoms with Crippen molar-refractivity contribution in [2.75, 3.05) is 17.7 Å². The standard InChI is InChI=1S/C25H23N7O/c1-15-20(17-7-18-12-31-23(27-4)10-21(18)30-11-17)9-19(13-29-15)32-24(33)16-5-6-28-22(8-16)25(2,3)14-26/h5-13H,1-4H3,(H,27,31)(H,32,33). The summed E-state index contributed by atoms with van der Waals surface area (Å²) in [5.74, 6) is 0.451. The van der Waals surface area contributed by atoms with Crippen molar-refractivity contribution in [3.8, 4) is 17.2 Å². The van der Waals surface area contributed by atoms with Crippen LogP contribution >= 0.6 is 0 Å². The van der Waals surface area contributed by atoms with Crippen molar-refractivity contribution in [1.29, 1.82) is 5.26 Å². The fraction of sp³-hybridized carbons (Fsp3) is 0.200. The summed E-state index contributed by atoms with van der Waals surface area (Å²) in [7, 11) is 1.81. The maximum Gasteiger partial charge on any atom is 0.255 e. The van der Waals surface area contributed by atoms with E-state index in [4.69, 9.17) is 0 Å². The zero-order valence-corrected chi connectivity index (χ0v) is 18.8. The van der Waals surface area contributed by atoms with E-state index in [1.807, 2.05) is 32.2 Å². The molecule has 4 rings (SSSR count). The molecule has 8 nitrogen and oxygen atoms in total. The molecule has 164 valence electrons. The van der Waals surface area contributed by atoms with Crippen LogP contribution in [0.3, 0.4) is 0 Å². The molecule has 0 atom stereocenters. The number of aryl methyl sites for hydroxylation is 1. The number of carbonyl (C=O) groups excluding carboxylic acids is 1. The lowest BCUT2D eigenvalue weighted by molar-refractivity contribution is 0.102. The molecule has 0 aliphatic heterocycles. The van der Waals surface area contributed by atoms with Gasteiger partial charge in [0.1, 0.15) is 5.82 Å². The molecule has 0 spiro atoms. The van der Waals surface area contributed by atoms with Crippen molar-refractivity contribution in [2.45, 2.75) is 26.2 Å². The number of hydrogen-bond acceptors (Lipinski definition) is 7. The highest BCUT2D eigenvalue weighted by Gasteiger charge is 2.22. The van der Waals surface area contributed by atoms with Gasteiger partial charge in [0.05, 0.1) is 34.6 Å². The molecule has 4 heterocycles. The highest BCUT2D eigenvalue weighted by molar-refractivity contribution is 6.04. The van der Waals surface area contributed by atoms with E-state index in [2.05, 4.69) is 36.6 Å². The molecule has 4 aromatic heterocycles. The minimum Gasteiger partial charge on any atom is -0.373 e. The van der Waals surface area contributed by atoms with E-state index in [1.165, 1.54) is 6.20 Å². The first-order chi connectivity index (χ1) is 15.8. The smallest absolute Gasteiger partial charge is 0.255 e. The molecule has 0 unspecified atom stereocenters. The summed E-state index contributed by atoms with van der Waals surface area (Å²) < 4.78 is 0. The van der Waals surface area contributed by atoms with Gasteiger partial charge in [0.2, 0.25) is 0 Å². The van der Waals surface area contributed by atoms with E-state index >= 15 is 0 Å². The summed E-state index contributed by atoms with van der Waals surface area (Å²) >= 11 is 0. The molecule has 0 saturated heterocycles. The number of hydrogen-bond donors (Lipinski definition) is 2. The molecular weight excluding hydrogens is 414 g/mol. The molecule has 4 aromatic rings. The zero-order chi connectivity index (χ0) is 23.6. The summed E-state index contributed by atoms with van der Waals surface area (Å²) in [5.41, 5.74) is 4.12. The molecule has 0 aromatic carbocycles. The van der Waals surface area contributed by atoms with Crippen LogP contribution < -0.4 is 10.6 Å². The first-order valence-corrected chi connectivity index (χ1v) is 10.4. The van der Waals surface area contributed by atoms with Gasteiger partial charge in [-0.05, 0) is 45.0 Å². The number of nitrogens with zero attached hydrogens (tertiary/aromatic N) is 5. The van der Waals surface area contributed by atoms with E-state index in [0.717, 1.165) is 33.5 Å². The van der Waals surface area contributed by atoms with Gasteiger partial charge in [0, 0.05) is 59.5 Å². The average molecular weight is 438 g/mol. The third-order valence-electron chi connectivity index (χ3n) is 5.42. The predicted molar refractivity (Wildman–Crippen MR) is 128 cm³/mol. The van der Waals surface area contributed by atoms with Crippen molar-refractivity contribution in [3.05, 3.63) is 72.1 Å². The quantitative estimate of drug-likeness (QED) is 0.472. The molecule has 0 aliphatic carbocycles. The Labute approximate surface area is 191 Å². The number of nitrogens with one attached hydrogen (secondary N) is 2. The maximum atomic E-state index is 12.9. The Balaban J connectivity index is 1.63. The van der Waals surface area contributed by atoms with Gasteiger partial charge >= 0.3 is 0 Å². The van der Waals surface area contributed by atoms with Crippen molar-refractivity contribution in [2.24, 2.45) is 0 Å². The summed E-state index contributed by atoms with van der Waals surface area (Å²) in [6.07, 6.45) is 6.72. The monoisotopic (exact) mass is 437 g/mol. The second-order valence-corrected chi connectivity index (χ2v) is 8.21. The van der Waals surface area contributed by atoms with Crippen LogP contribution in [-0.4, -0.2) is 32.9 Å². The van der Waals surface area contributed by atoms with Gasteiger partial charge in [0.25, 0.3) is 5.91 Å². The average Bonchev–Trinajstić information content (AvgIpc) is 2.84. The molecule has 0 fully saturated rings. The Morgan fingerprint density at radius 3 is 2.61 bits per heavy atom. The second kappa shape index (κ2) is 8.63. The topological polar surface area (TPSA) is 116 Å². The first kappa shape index (κ1) is 21.8. The maximum absolute atomic E-state index is 12.9. The molecule has 0 radical (unpaired) electrons. The highest BCUT2D eigenvalue weighted by atomic mass is 16.1. The van der Waals surface area contributed by atoms with Gasteiger partial charge in [-0.3, -0.25) is 19.7 Å². The number of rotatable bonds is 5. The lowest BCUT2D eigenvalue weighted by atomic mass is 9.90. The fourth-order valence-electron chi connectivity index (χ4n) is 3.37. The fourth-order valence-corrected chi connectivity index (χ4v) is 3.37. The molecular formula is C25H23N7O. The van der Waals surface area contributed by atoms with E-state index in [-0.39, 0.29) is 5.91 Å². The van der Waals surface area contributed by atoms with Gasteiger partial charge < -0.3 is 10.6 Å². The van der Waals surface area contributed by atoms with Crippen LogP contribution in [0.25, 0.3) is 22.0 Å². The number of aromatic nitrogens is 4. The van der Waals surface area contributed by atoms with Crippen molar-refractivity contribution in [1.82, 2.24) is 19.9 Å². The molecule has 0 bridgehead atoms. The Morgan fingerprint density at radius 1 is 1.03 bits per heavy atom. The second-order valence-electron chi connectivity index (χ2n) is 8.21. The van der Waals surface area contributed by atoms with Crippen molar-refractivity contribution >= 4 is 28.3 Å². The molecule has 1 amide bonds. The summed E-state index contributed by atoms with van der Waals surface area (Å²) in [5, 5.41) is 16.2. The molecule has 2 N–H and O–H groups in total. The van der Waals surface area contributed by atoms with Crippen LogP contribution in [0.4, 0.5) is 11.5 Å². The van der Waals surface area contributed by atoms with Crippen LogP contribution in [0, 0.1) is 18.3 Å². The van der Waals surface area contributed by atoms with Crippen LogP contribution in [0.5, 0.6) is 0 Å². The number of amides is 1. The number of fused-ring (bicyclic) bond motifs is 1. The van der Waals surface area contributed by atoms with Gasteiger partial charge in [0.15, 0.2) is 0 Å². The molecule has 0 aliphatic rings. The van der Waals surface area contributed by atoms with Crippen LogP contribution in [-0.2, 0) is 5.41 Å². The van der Waals surface area contributed by atoms with E-state index < -0.39 is 5.41 Å². The Hall–Kier alpha value is -4.38. The van der Waals surface area contributed by atoms with E-state index in [0.29, 0.717) is 16.9 Å². The number of anilines is 2. The number of nitriles is 1. The molecule has 0 saturated carbocycles. The van der Waals surface area contributed by atoms with Crippen molar-refractivity contribution in [3.63, 3.8) is 0 Å². The largest absolute Gasteiger partial charge is 0.373 e. The third-order valence-corrected chi connectivity index (χ3v) is 5.42.